The van der Waals surface area contributed by atoms with Crippen LogP contribution in [0.4, 0.5) is 4.39 Å². The van der Waals surface area contributed by atoms with E-state index in [2.05, 4.69) is 4.90 Å². The Kier molecular flexibility index (Phi) is 7.71. The zero-order valence-corrected chi connectivity index (χ0v) is 11.3. The van der Waals surface area contributed by atoms with Gasteiger partial charge in [-0.1, -0.05) is 12.1 Å². The van der Waals surface area contributed by atoms with E-state index < -0.39 is 0 Å². The van der Waals surface area contributed by atoms with Gasteiger partial charge in [0.15, 0.2) is 0 Å². The molecule has 1 atom stereocenters. The SMILES string of the molecule is Cl.Cl.NC(CN1CCCC1)c1ccc(F)cc1. The number of hydrogen-bond donors (Lipinski definition) is 1. The molecule has 0 aromatic heterocycles. The number of nitrogens with zero attached hydrogens (tertiary/aromatic N) is 1. The maximum Gasteiger partial charge on any atom is 0.123 e. The summed E-state index contributed by atoms with van der Waals surface area (Å²) in [6, 6.07) is 6.49. The fourth-order valence-electron chi connectivity index (χ4n) is 2.06. The molecule has 0 amide bonds. The lowest BCUT2D eigenvalue weighted by Crippen LogP contribution is -2.29. The van der Waals surface area contributed by atoms with Crippen molar-refractivity contribution in [3.8, 4) is 0 Å². The van der Waals surface area contributed by atoms with Crippen molar-refractivity contribution >= 4 is 24.8 Å². The summed E-state index contributed by atoms with van der Waals surface area (Å²) in [5.74, 6) is -0.202. The summed E-state index contributed by atoms with van der Waals surface area (Å²) in [4.78, 5) is 2.37. The van der Waals surface area contributed by atoms with E-state index in [9.17, 15) is 4.39 Å². The molecule has 1 fully saturated rings. The van der Waals surface area contributed by atoms with Crippen LogP contribution in [0.3, 0.4) is 0 Å². The van der Waals surface area contributed by atoms with Gasteiger partial charge in [0.25, 0.3) is 0 Å². The largest absolute Gasteiger partial charge is 0.323 e. The smallest absolute Gasteiger partial charge is 0.123 e. The summed E-state index contributed by atoms with van der Waals surface area (Å²) in [6.45, 7) is 3.18. The van der Waals surface area contributed by atoms with Gasteiger partial charge in [-0.15, -0.1) is 24.8 Å². The number of likely N-dealkylation sites (tertiary alicyclic amines) is 1. The Hall–Kier alpha value is -0.350. The van der Waals surface area contributed by atoms with Gasteiger partial charge in [0.2, 0.25) is 0 Å². The lowest BCUT2D eigenvalue weighted by Gasteiger charge is -2.20. The standard InChI is InChI=1S/C12H17FN2.2ClH/c13-11-5-3-10(4-6-11)12(14)9-15-7-1-2-8-15;;/h3-6,12H,1-2,7-9,14H2;2*1H. The molecule has 2 N–H and O–H groups in total. The molecule has 1 aromatic carbocycles. The van der Waals surface area contributed by atoms with Crippen LogP contribution in [0.25, 0.3) is 0 Å². The lowest BCUT2D eigenvalue weighted by atomic mass is 10.1. The van der Waals surface area contributed by atoms with Crippen LogP contribution in [0.15, 0.2) is 24.3 Å². The fraction of sp³-hybridized carbons (Fsp3) is 0.500. The molecule has 5 heteroatoms. The molecule has 2 rings (SSSR count). The van der Waals surface area contributed by atoms with E-state index in [-0.39, 0.29) is 36.7 Å². The van der Waals surface area contributed by atoms with Gasteiger partial charge in [0.1, 0.15) is 5.82 Å². The number of nitrogens with two attached hydrogens (primary N) is 1. The van der Waals surface area contributed by atoms with E-state index in [0.717, 1.165) is 25.2 Å². The first-order valence-electron chi connectivity index (χ1n) is 5.49. The van der Waals surface area contributed by atoms with E-state index >= 15 is 0 Å². The van der Waals surface area contributed by atoms with Crippen LogP contribution < -0.4 is 5.73 Å². The van der Waals surface area contributed by atoms with Crippen molar-refractivity contribution in [2.24, 2.45) is 5.73 Å². The summed E-state index contributed by atoms with van der Waals surface area (Å²) in [6.07, 6.45) is 2.55. The Balaban J connectivity index is 0.00000128. The monoisotopic (exact) mass is 280 g/mol. The van der Waals surface area contributed by atoms with E-state index in [1.165, 1.54) is 25.0 Å². The van der Waals surface area contributed by atoms with Crippen LogP contribution in [0.1, 0.15) is 24.4 Å². The predicted molar refractivity (Wildman–Crippen MR) is 73.5 cm³/mol. The Bertz CT molecular complexity index is 313. The van der Waals surface area contributed by atoms with Gasteiger partial charge in [-0.2, -0.15) is 0 Å². The van der Waals surface area contributed by atoms with Crippen molar-refractivity contribution in [1.82, 2.24) is 4.90 Å². The maximum absolute atomic E-state index is 12.7. The van der Waals surface area contributed by atoms with Gasteiger partial charge in [-0.25, -0.2) is 4.39 Å². The lowest BCUT2D eigenvalue weighted by molar-refractivity contribution is 0.316. The molecule has 1 heterocycles. The molecule has 0 aliphatic carbocycles. The number of rotatable bonds is 3. The van der Waals surface area contributed by atoms with Gasteiger partial charge in [0.05, 0.1) is 0 Å². The molecule has 0 radical (unpaired) electrons. The second-order valence-electron chi connectivity index (χ2n) is 4.17. The summed E-state index contributed by atoms with van der Waals surface area (Å²) in [5.41, 5.74) is 7.08. The Labute approximate surface area is 114 Å². The molecule has 2 nitrogen and oxygen atoms in total. The molecule has 0 bridgehead atoms. The van der Waals surface area contributed by atoms with Crippen molar-refractivity contribution in [3.05, 3.63) is 35.6 Å². The molecule has 1 aliphatic heterocycles. The molecular weight excluding hydrogens is 262 g/mol. The van der Waals surface area contributed by atoms with Crippen LogP contribution in [0.5, 0.6) is 0 Å². The first-order chi connectivity index (χ1) is 7.25. The van der Waals surface area contributed by atoms with Gasteiger partial charge in [0, 0.05) is 12.6 Å². The predicted octanol–water partition coefficient (Wildman–Crippen LogP) is 2.76. The van der Waals surface area contributed by atoms with E-state index in [4.69, 9.17) is 5.73 Å². The average Bonchev–Trinajstić information content (AvgIpc) is 2.71. The first kappa shape index (κ1) is 16.6. The molecule has 17 heavy (non-hydrogen) atoms. The van der Waals surface area contributed by atoms with E-state index in [1.54, 1.807) is 12.1 Å². The minimum absolute atomic E-state index is 0. The van der Waals surface area contributed by atoms with Crippen LogP contribution >= 0.6 is 24.8 Å². The van der Waals surface area contributed by atoms with Crippen molar-refractivity contribution in [3.63, 3.8) is 0 Å². The van der Waals surface area contributed by atoms with Gasteiger partial charge in [-0.05, 0) is 43.6 Å². The molecule has 1 saturated heterocycles. The molecule has 98 valence electrons. The molecule has 1 aliphatic rings. The summed E-state index contributed by atoms with van der Waals surface area (Å²) in [7, 11) is 0. The van der Waals surface area contributed by atoms with Crippen LogP contribution in [-0.2, 0) is 0 Å². The van der Waals surface area contributed by atoms with Crippen molar-refractivity contribution in [2.45, 2.75) is 18.9 Å². The molecule has 1 aromatic rings. The normalized spacial score (nSPS) is 17.1. The Morgan fingerprint density at radius 2 is 1.65 bits per heavy atom. The third kappa shape index (κ3) is 4.80. The van der Waals surface area contributed by atoms with Crippen molar-refractivity contribution in [1.29, 1.82) is 0 Å². The number of halogens is 3. The Morgan fingerprint density at radius 3 is 2.18 bits per heavy atom. The summed E-state index contributed by atoms with van der Waals surface area (Å²) >= 11 is 0. The van der Waals surface area contributed by atoms with Gasteiger partial charge < -0.3 is 10.6 Å². The highest BCUT2D eigenvalue weighted by atomic mass is 35.5. The van der Waals surface area contributed by atoms with Gasteiger partial charge in [-0.3, -0.25) is 0 Å². The fourth-order valence-corrected chi connectivity index (χ4v) is 2.06. The minimum Gasteiger partial charge on any atom is -0.323 e. The zero-order chi connectivity index (χ0) is 10.7. The minimum atomic E-state index is -0.202. The van der Waals surface area contributed by atoms with Crippen LogP contribution in [0, 0.1) is 5.82 Å². The molecule has 0 spiro atoms. The topological polar surface area (TPSA) is 29.3 Å². The van der Waals surface area contributed by atoms with E-state index in [1.807, 2.05) is 0 Å². The Morgan fingerprint density at radius 1 is 1.12 bits per heavy atom. The second kappa shape index (κ2) is 7.88. The molecule has 1 unspecified atom stereocenters. The maximum atomic E-state index is 12.7. The third-order valence-electron chi connectivity index (χ3n) is 2.95. The highest BCUT2D eigenvalue weighted by molar-refractivity contribution is 5.85. The quantitative estimate of drug-likeness (QED) is 0.923. The molecule has 0 saturated carbocycles. The zero-order valence-electron chi connectivity index (χ0n) is 9.64. The van der Waals surface area contributed by atoms with Crippen LogP contribution in [-0.4, -0.2) is 24.5 Å². The molecular formula is C12H19Cl2FN2. The third-order valence-corrected chi connectivity index (χ3v) is 2.95. The average molecular weight is 281 g/mol. The summed E-state index contributed by atoms with van der Waals surface area (Å²) in [5, 5.41) is 0. The van der Waals surface area contributed by atoms with Crippen LogP contribution in [0.2, 0.25) is 0 Å². The van der Waals surface area contributed by atoms with E-state index in [0.29, 0.717) is 0 Å². The summed E-state index contributed by atoms with van der Waals surface area (Å²) < 4.78 is 12.7. The van der Waals surface area contributed by atoms with Crippen molar-refractivity contribution < 1.29 is 4.39 Å². The highest BCUT2D eigenvalue weighted by Crippen LogP contribution is 2.15. The van der Waals surface area contributed by atoms with Gasteiger partial charge >= 0.3 is 0 Å². The van der Waals surface area contributed by atoms with Crippen molar-refractivity contribution in [2.75, 3.05) is 19.6 Å². The highest BCUT2D eigenvalue weighted by Gasteiger charge is 2.15. The number of benzene rings is 1. The first-order valence-corrected chi connectivity index (χ1v) is 5.49. The second-order valence-corrected chi connectivity index (χ2v) is 4.17. The number of hydrogen-bond acceptors (Lipinski definition) is 2.